The Kier molecular flexibility index (Phi) is 8.26. The summed E-state index contributed by atoms with van der Waals surface area (Å²) in [6.45, 7) is 2.17. The van der Waals surface area contributed by atoms with Crippen LogP contribution in [-0.4, -0.2) is 46.2 Å². The van der Waals surface area contributed by atoms with Gasteiger partial charge in [-0.3, -0.25) is 9.59 Å². The Morgan fingerprint density at radius 3 is 2.10 bits per heavy atom. The lowest BCUT2D eigenvalue weighted by Crippen LogP contribution is -2.39. The van der Waals surface area contributed by atoms with Crippen LogP contribution < -0.4 is 0 Å². The molecule has 0 aromatic rings. The van der Waals surface area contributed by atoms with Crippen LogP contribution in [0.25, 0.3) is 0 Å². The molecule has 116 valence electrons. The summed E-state index contributed by atoms with van der Waals surface area (Å²) in [5.74, 6) is -1.46. The zero-order valence-electron chi connectivity index (χ0n) is 12.2. The summed E-state index contributed by atoms with van der Waals surface area (Å²) >= 11 is 0. The molecule has 5 nitrogen and oxygen atoms in total. The summed E-state index contributed by atoms with van der Waals surface area (Å²) in [4.78, 5) is 23.6. The number of carboxylic acid groups (broad SMARTS) is 2. The van der Waals surface area contributed by atoms with Crippen LogP contribution >= 0.6 is 0 Å². The van der Waals surface area contributed by atoms with E-state index in [1.807, 2.05) is 0 Å². The van der Waals surface area contributed by atoms with Gasteiger partial charge in [0.25, 0.3) is 0 Å². The van der Waals surface area contributed by atoms with Crippen molar-refractivity contribution in [1.82, 2.24) is 4.90 Å². The van der Waals surface area contributed by atoms with Crippen molar-refractivity contribution in [1.29, 1.82) is 0 Å². The SMILES string of the molecule is O=C(O)CCCCCC(CCC(=O)O)N1CCCCC1. The highest BCUT2D eigenvalue weighted by atomic mass is 16.4. The summed E-state index contributed by atoms with van der Waals surface area (Å²) in [5, 5.41) is 17.4. The predicted molar refractivity (Wildman–Crippen MR) is 76.8 cm³/mol. The molecule has 0 saturated carbocycles. The third-order valence-corrected chi connectivity index (χ3v) is 4.03. The lowest BCUT2D eigenvalue weighted by molar-refractivity contribution is -0.138. The van der Waals surface area contributed by atoms with Gasteiger partial charge in [-0.1, -0.05) is 19.3 Å². The second-order valence-electron chi connectivity index (χ2n) is 5.68. The number of piperidine rings is 1. The molecular weight excluding hydrogens is 258 g/mol. The first-order chi connectivity index (χ1) is 9.59. The molecule has 5 heteroatoms. The van der Waals surface area contributed by atoms with Crippen molar-refractivity contribution in [3.05, 3.63) is 0 Å². The van der Waals surface area contributed by atoms with E-state index in [0.29, 0.717) is 12.5 Å². The molecule has 0 aromatic heterocycles. The molecule has 0 bridgehead atoms. The molecule has 1 rings (SSSR count). The van der Waals surface area contributed by atoms with Crippen LogP contribution in [0.4, 0.5) is 0 Å². The predicted octanol–water partition coefficient (Wildman–Crippen LogP) is 2.74. The minimum atomic E-state index is -0.733. The molecule has 2 N–H and O–H groups in total. The van der Waals surface area contributed by atoms with E-state index in [-0.39, 0.29) is 12.8 Å². The summed E-state index contributed by atoms with van der Waals surface area (Å²) in [7, 11) is 0. The van der Waals surface area contributed by atoms with Gasteiger partial charge in [-0.2, -0.15) is 0 Å². The lowest BCUT2D eigenvalue weighted by atomic mass is 9.99. The normalized spacial score (nSPS) is 17.8. The van der Waals surface area contributed by atoms with Crippen molar-refractivity contribution in [3.63, 3.8) is 0 Å². The van der Waals surface area contributed by atoms with Crippen LogP contribution in [0.3, 0.4) is 0 Å². The molecule has 0 aromatic carbocycles. The van der Waals surface area contributed by atoms with Crippen molar-refractivity contribution >= 4 is 11.9 Å². The van der Waals surface area contributed by atoms with Crippen LogP contribution in [0.2, 0.25) is 0 Å². The average molecular weight is 285 g/mol. The topological polar surface area (TPSA) is 77.8 Å². The van der Waals surface area contributed by atoms with E-state index in [4.69, 9.17) is 10.2 Å². The van der Waals surface area contributed by atoms with Crippen LogP contribution in [0, 0.1) is 0 Å². The Bertz CT molecular complexity index is 300. The third-order valence-electron chi connectivity index (χ3n) is 4.03. The second-order valence-corrected chi connectivity index (χ2v) is 5.68. The average Bonchev–Trinajstić information content (AvgIpc) is 2.42. The van der Waals surface area contributed by atoms with E-state index in [2.05, 4.69) is 4.90 Å². The summed E-state index contributed by atoms with van der Waals surface area (Å²) in [6.07, 6.45) is 8.52. The number of hydrogen-bond acceptors (Lipinski definition) is 3. The summed E-state index contributed by atoms with van der Waals surface area (Å²) in [6, 6.07) is 0.358. The fourth-order valence-corrected chi connectivity index (χ4v) is 2.92. The van der Waals surface area contributed by atoms with E-state index in [1.54, 1.807) is 0 Å². The highest BCUT2D eigenvalue weighted by Crippen LogP contribution is 2.20. The van der Waals surface area contributed by atoms with Gasteiger partial charge in [0.05, 0.1) is 0 Å². The molecule has 0 aliphatic carbocycles. The van der Waals surface area contributed by atoms with Crippen molar-refractivity contribution < 1.29 is 19.8 Å². The lowest BCUT2D eigenvalue weighted by Gasteiger charge is -2.34. The van der Waals surface area contributed by atoms with Crippen LogP contribution in [0.5, 0.6) is 0 Å². The monoisotopic (exact) mass is 285 g/mol. The Labute approximate surface area is 121 Å². The van der Waals surface area contributed by atoms with Crippen LogP contribution in [-0.2, 0) is 9.59 Å². The molecule has 0 spiro atoms. The van der Waals surface area contributed by atoms with Crippen molar-refractivity contribution in [2.24, 2.45) is 0 Å². The smallest absolute Gasteiger partial charge is 0.303 e. The van der Waals surface area contributed by atoms with E-state index in [9.17, 15) is 9.59 Å². The van der Waals surface area contributed by atoms with Crippen molar-refractivity contribution in [3.8, 4) is 0 Å². The van der Waals surface area contributed by atoms with Crippen molar-refractivity contribution in [2.45, 2.75) is 70.3 Å². The minimum absolute atomic E-state index is 0.232. The maximum atomic E-state index is 10.8. The molecule has 1 fully saturated rings. The molecule has 1 saturated heterocycles. The van der Waals surface area contributed by atoms with Crippen LogP contribution in [0.15, 0.2) is 0 Å². The summed E-state index contributed by atoms with van der Waals surface area (Å²) < 4.78 is 0. The van der Waals surface area contributed by atoms with Gasteiger partial charge in [0, 0.05) is 18.9 Å². The number of likely N-dealkylation sites (tertiary alicyclic amines) is 1. The molecule has 1 atom stereocenters. The standard InChI is InChI=1S/C15H27NO4/c17-14(18)8-4-1-3-7-13(9-10-15(19)20)16-11-5-2-6-12-16/h13H,1-12H2,(H,17,18)(H,19,20). The molecule has 1 aliphatic heterocycles. The second kappa shape index (κ2) is 9.75. The Balaban J connectivity index is 2.29. The van der Waals surface area contributed by atoms with Gasteiger partial charge in [-0.25, -0.2) is 0 Å². The van der Waals surface area contributed by atoms with E-state index < -0.39 is 11.9 Å². The molecule has 1 unspecified atom stereocenters. The van der Waals surface area contributed by atoms with Gasteiger partial charge in [0.1, 0.15) is 0 Å². The fourth-order valence-electron chi connectivity index (χ4n) is 2.92. The molecular formula is C15H27NO4. The van der Waals surface area contributed by atoms with Gasteiger partial charge in [-0.15, -0.1) is 0 Å². The third kappa shape index (κ3) is 7.48. The molecule has 0 radical (unpaired) electrons. The number of unbranched alkanes of at least 4 members (excludes halogenated alkanes) is 2. The Morgan fingerprint density at radius 2 is 1.50 bits per heavy atom. The maximum absolute atomic E-state index is 10.8. The maximum Gasteiger partial charge on any atom is 0.303 e. The molecule has 1 heterocycles. The van der Waals surface area contributed by atoms with Gasteiger partial charge < -0.3 is 15.1 Å². The van der Waals surface area contributed by atoms with Crippen molar-refractivity contribution in [2.75, 3.05) is 13.1 Å². The minimum Gasteiger partial charge on any atom is -0.481 e. The highest BCUT2D eigenvalue weighted by molar-refractivity contribution is 5.66. The first kappa shape index (κ1) is 17.0. The zero-order valence-corrected chi connectivity index (χ0v) is 12.2. The van der Waals surface area contributed by atoms with Crippen LogP contribution in [0.1, 0.15) is 64.2 Å². The Hall–Kier alpha value is -1.10. The number of rotatable bonds is 10. The first-order valence-electron chi connectivity index (χ1n) is 7.77. The van der Waals surface area contributed by atoms with Gasteiger partial charge >= 0.3 is 11.9 Å². The quantitative estimate of drug-likeness (QED) is 0.603. The van der Waals surface area contributed by atoms with Gasteiger partial charge in [0.15, 0.2) is 0 Å². The number of hydrogen-bond donors (Lipinski definition) is 2. The van der Waals surface area contributed by atoms with E-state index in [0.717, 1.165) is 38.8 Å². The molecule has 20 heavy (non-hydrogen) atoms. The number of aliphatic carboxylic acids is 2. The van der Waals surface area contributed by atoms with E-state index in [1.165, 1.54) is 19.3 Å². The number of carboxylic acids is 2. The summed E-state index contributed by atoms with van der Waals surface area (Å²) in [5.41, 5.74) is 0. The fraction of sp³-hybridized carbons (Fsp3) is 0.867. The largest absolute Gasteiger partial charge is 0.481 e. The number of carbonyl (C=O) groups is 2. The number of nitrogens with zero attached hydrogens (tertiary/aromatic N) is 1. The molecule has 0 amide bonds. The van der Waals surface area contributed by atoms with Gasteiger partial charge in [-0.05, 0) is 45.2 Å². The zero-order chi connectivity index (χ0) is 14.8. The Morgan fingerprint density at radius 1 is 0.850 bits per heavy atom. The first-order valence-corrected chi connectivity index (χ1v) is 7.77. The van der Waals surface area contributed by atoms with Gasteiger partial charge in [0.2, 0.25) is 0 Å². The highest BCUT2D eigenvalue weighted by Gasteiger charge is 2.20. The molecule has 1 aliphatic rings. The van der Waals surface area contributed by atoms with E-state index >= 15 is 0 Å².